The Labute approximate surface area is 261 Å². The van der Waals surface area contributed by atoms with Crippen molar-refractivity contribution in [2.24, 2.45) is 0 Å². The first-order valence-corrected chi connectivity index (χ1v) is 13.5. The van der Waals surface area contributed by atoms with Crippen molar-refractivity contribution in [2.75, 3.05) is 7.11 Å². The van der Waals surface area contributed by atoms with Crippen LogP contribution in [0, 0.1) is 0 Å². The van der Waals surface area contributed by atoms with E-state index >= 15 is 0 Å². The van der Waals surface area contributed by atoms with E-state index in [1.165, 1.54) is 25.3 Å². The third kappa shape index (κ3) is 6.59. The quantitative estimate of drug-likeness (QED) is 0.125. The van der Waals surface area contributed by atoms with Gasteiger partial charge >= 0.3 is 12.1 Å². The smallest absolute Gasteiger partial charge is 0.507 e. The molecule has 3 heterocycles. The largest absolute Gasteiger partial charge is 0.508 e. The summed E-state index contributed by atoms with van der Waals surface area (Å²) in [7, 11) is 1.33. The molecular weight excluding hydrogens is 640 g/mol. The van der Waals surface area contributed by atoms with E-state index in [0.29, 0.717) is 0 Å². The van der Waals surface area contributed by atoms with E-state index in [1.807, 2.05) is 0 Å². The minimum atomic E-state index is -2.16. The molecule has 9 N–H and O–H groups in total. The Balaban J connectivity index is 1.50. The molecule has 2 aromatic carbocycles. The zero-order valence-corrected chi connectivity index (χ0v) is 23.8. The zero-order valence-electron chi connectivity index (χ0n) is 23.8. The molecule has 0 unspecified atom stereocenters. The van der Waals surface area contributed by atoms with Crippen LogP contribution >= 0.6 is 0 Å². The number of hydrogen-bond acceptors (Lipinski definition) is 17. The van der Waals surface area contributed by atoms with Crippen LogP contribution in [0.5, 0.6) is 23.0 Å². The van der Waals surface area contributed by atoms with Crippen LogP contribution in [0.25, 0.3) is 22.3 Å². The number of aliphatic hydroxyl groups is 5. The molecule has 0 radical (unpaired) electrons. The average molecular weight is 669 g/mol. The van der Waals surface area contributed by atoms with Gasteiger partial charge in [-0.2, -0.15) is 0 Å². The van der Waals surface area contributed by atoms with Gasteiger partial charge in [-0.05, 0) is 18.2 Å². The highest BCUT2D eigenvalue weighted by Gasteiger charge is 2.53. The number of carboxylic acid groups (broad SMARTS) is 2. The molecule has 2 aliphatic heterocycles. The number of aliphatic hydroxyl groups excluding tert-OH is 5. The first-order valence-electron chi connectivity index (χ1n) is 13.5. The van der Waals surface area contributed by atoms with Crippen LogP contribution in [0.15, 0.2) is 45.6 Å². The highest BCUT2D eigenvalue weighted by atomic mass is 16.8. The first kappa shape index (κ1) is 33.6. The summed E-state index contributed by atoms with van der Waals surface area (Å²) in [5.74, 6) is -2.98. The first-order chi connectivity index (χ1) is 22.2. The van der Waals surface area contributed by atoms with Gasteiger partial charge in [0.25, 0.3) is 0 Å². The third-order valence-corrected chi connectivity index (χ3v) is 7.32. The lowest BCUT2D eigenvalue weighted by molar-refractivity contribution is -0.370. The van der Waals surface area contributed by atoms with E-state index < -0.39 is 84.9 Å². The van der Waals surface area contributed by atoms with E-state index in [2.05, 4.69) is 4.74 Å². The molecular formula is C28H28O19. The second kappa shape index (κ2) is 13.2. The second-order valence-electron chi connectivity index (χ2n) is 10.4. The van der Waals surface area contributed by atoms with E-state index in [-0.39, 0.29) is 39.5 Å². The van der Waals surface area contributed by atoms with Crippen LogP contribution in [0.3, 0.4) is 0 Å². The van der Waals surface area contributed by atoms with Gasteiger partial charge in [0.2, 0.25) is 12.6 Å². The van der Waals surface area contributed by atoms with Crippen molar-refractivity contribution in [3.63, 3.8) is 0 Å². The number of carboxylic acids is 1. The summed E-state index contributed by atoms with van der Waals surface area (Å²) in [4.78, 5) is 35.6. The molecule has 19 nitrogen and oxygen atoms in total. The molecule has 0 aliphatic carbocycles. The number of phenols is 2. The van der Waals surface area contributed by atoms with Crippen molar-refractivity contribution in [1.82, 2.24) is 0 Å². The molecule has 47 heavy (non-hydrogen) atoms. The molecule has 2 saturated heterocycles. The summed E-state index contributed by atoms with van der Waals surface area (Å²) in [5.41, 5.74) is -0.736. The Morgan fingerprint density at radius 3 is 2.13 bits per heavy atom. The van der Waals surface area contributed by atoms with Gasteiger partial charge < -0.3 is 74.1 Å². The summed E-state index contributed by atoms with van der Waals surface area (Å²) >= 11 is 0. The van der Waals surface area contributed by atoms with Gasteiger partial charge in [0, 0.05) is 23.8 Å². The predicted octanol–water partition coefficient (Wildman–Crippen LogP) is -1.37. The number of ether oxygens (including phenoxy) is 6. The van der Waals surface area contributed by atoms with Crippen molar-refractivity contribution in [3.8, 4) is 34.3 Å². The van der Waals surface area contributed by atoms with Crippen molar-refractivity contribution in [2.45, 2.75) is 61.6 Å². The van der Waals surface area contributed by atoms with E-state index in [9.17, 15) is 55.2 Å². The number of benzene rings is 2. The zero-order chi connectivity index (χ0) is 34.3. The van der Waals surface area contributed by atoms with Crippen molar-refractivity contribution in [3.05, 3.63) is 46.6 Å². The SMILES string of the molecule is COc1ccc(-c2cc(=O)c3c(O)cc(O[C@@H]4O[C@H](OC(=O)O)[C@@H](O)[C@H](O)[C@H]4O[C@@H]4O[C@H](C(=O)O)[C@@H](O)[C@H](O)[C@H]4O)cc3o2)cc1O. The molecule has 0 saturated carbocycles. The minimum Gasteiger partial charge on any atom is -0.507 e. The third-order valence-electron chi connectivity index (χ3n) is 7.32. The van der Waals surface area contributed by atoms with Gasteiger partial charge in [0.05, 0.1) is 7.11 Å². The highest BCUT2D eigenvalue weighted by Crippen LogP contribution is 2.36. The Morgan fingerprint density at radius 2 is 1.49 bits per heavy atom. The molecule has 254 valence electrons. The fourth-order valence-corrected chi connectivity index (χ4v) is 4.99. The molecule has 0 spiro atoms. The number of aliphatic carboxylic acids is 1. The fourth-order valence-electron chi connectivity index (χ4n) is 4.99. The van der Waals surface area contributed by atoms with Crippen LogP contribution in [-0.4, -0.2) is 127 Å². The van der Waals surface area contributed by atoms with E-state index in [1.54, 1.807) is 0 Å². The monoisotopic (exact) mass is 668 g/mol. The number of rotatable bonds is 8. The summed E-state index contributed by atoms with van der Waals surface area (Å²) in [6.45, 7) is 0. The van der Waals surface area contributed by atoms with Crippen LogP contribution in [0.1, 0.15) is 0 Å². The molecule has 2 fully saturated rings. The Kier molecular flexibility index (Phi) is 9.43. The topological polar surface area (TPSA) is 302 Å². The summed E-state index contributed by atoms with van der Waals surface area (Å²) in [6.07, 6.45) is -22.9. The number of methoxy groups -OCH3 is 1. The summed E-state index contributed by atoms with van der Waals surface area (Å²) in [6, 6.07) is 7.18. The number of carbonyl (C=O) groups is 2. The molecule has 1 aromatic heterocycles. The lowest BCUT2D eigenvalue weighted by atomic mass is 9.98. The maximum Gasteiger partial charge on any atom is 0.508 e. The fraction of sp³-hybridized carbons (Fsp3) is 0.393. The number of aromatic hydroxyl groups is 2. The minimum absolute atomic E-state index is 0.0576. The van der Waals surface area contributed by atoms with Gasteiger partial charge in [-0.3, -0.25) is 9.53 Å². The normalized spacial score (nSPS) is 30.9. The number of fused-ring (bicyclic) bond motifs is 1. The molecule has 0 bridgehead atoms. The Morgan fingerprint density at radius 1 is 0.787 bits per heavy atom. The second-order valence-corrected chi connectivity index (χ2v) is 10.4. The van der Waals surface area contributed by atoms with Crippen LogP contribution < -0.4 is 14.9 Å². The van der Waals surface area contributed by atoms with Crippen molar-refractivity contribution < 1.29 is 88.4 Å². The van der Waals surface area contributed by atoms with Gasteiger partial charge in [-0.15, -0.1) is 0 Å². The summed E-state index contributed by atoms with van der Waals surface area (Å²) < 4.78 is 36.8. The van der Waals surface area contributed by atoms with Crippen molar-refractivity contribution >= 4 is 23.1 Å². The lowest BCUT2D eigenvalue weighted by Crippen LogP contribution is -2.65. The standard InChI is InChI=1S/C28H28O19/c1-41-13-3-2-8(4-10(13)29)14-7-12(31)16-11(30)5-9(6-15(16)43-14)42-27-23(19(34)21(36)26(46-27)47-28(39)40)45-25-20(35)17(32)18(33)22(44-25)24(37)38/h2-7,17-23,25-27,29-30,32-36H,1H3,(H,37,38)(H,39,40)/t17-,18-,19-,20+,21-,22-,23+,25-,26+,27+/m0/s1. The number of phenolic OH excluding ortho intramolecular Hbond substituents is 2. The maximum atomic E-state index is 12.9. The van der Waals surface area contributed by atoms with Gasteiger partial charge in [-0.25, -0.2) is 9.59 Å². The lowest BCUT2D eigenvalue weighted by Gasteiger charge is -2.45. The Hall–Kier alpha value is -4.73. The maximum absolute atomic E-state index is 12.9. The molecule has 0 amide bonds. The van der Waals surface area contributed by atoms with E-state index in [4.69, 9.17) is 33.2 Å². The van der Waals surface area contributed by atoms with Gasteiger partial charge in [-0.1, -0.05) is 0 Å². The van der Waals surface area contributed by atoms with Crippen LogP contribution in [0.4, 0.5) is 4.79 Å². The van der Waals surface area contributed by atoms with Crippen LogP contribution in [-0.2, 0) is 23.7 Å². The average Bonchev–Trinajstić information content (AvgIpc) is 3.00. The van der Waals surface area contributed by atoms with Gasteiger partial charge in [0.1, 0.15) is 58.7 Å². The van der Waals surface area contributed by atoms with Crippen LogP contribution in [0.2, 0.25) is 0 Å². The highest BCUT2D eigenvalue weighted by molar-refractivity contribution is 5.86. The molecule has 5 rings (SSSR count). The van der Waals surface area contributed by atoms with E-state index in [0.717, 1.165) is 18.2 Å². The molecule has 19 heteroatoms. The van der Waals surface area contributed by atoms with Crippen molar-refractivity contribution in [1.29, 1.82) is 0 Å². The number of hydrogen-bond donors (Lipinski definition) is 9. The summed E-state index contributed by atoms with van der Waals surface area (Å²) in [5, 5.41) is 90.8. The predicted molar refractivity (Wildman–Crippen MR) is 147 cm³/mol. The molecule has 2 aliphatic rings. The van der Waals surface area contributed by atoms with Gasteiger partial charge in [0.15, 0.2) is 35.4 Å². The Bertz CT molecular complexity index is 1710. The molecule has 10 atom stereocenters. The molecule has 3 aromatic rings.